The van der Waals surface area contributed by atoms with E-state index in [9.17, 15) is 19.7 Å². The van der Waals surface area contributed by atoms with Gasteiger partial charge in [0, 0.05) is 23.6 Å². The molecule has 1 aromatic rings. The minimum Gasteiger partial charge on any atom is -0.469 e. The predicted molar refractivity (Wildman–Crippen MR) is 76.3 cm³/mol. The Labute approximate surface area is 122 Å². The van der Waals surface area contributed by atoms with E-state index in [-0.39, 0.29) is 29.9 Å². The highest BCUT2D eigenvalue weighted by atomic mass is 16.6. The fourth-order valence-corrected chi connectivity index (χ4v) is 1.93. The van der Waals surface area contributed by atoms with Crippen molar-refractivity contribution in [3.8, 4) is 0 Å². The zero-order valence-corrected chi connectivity index (χ0v) is 12.2. The lowest BCUT2D eigenvalue weighted by Crippen LogP contribution is -2.34. The Kier molecular flexibility index (Phi) is 5.98. The summed E-state index contributed by atoms with van der Waals surface area (Å²) in [5.74, 6) is -0.692. The predicted octanol–water partition coefficient (Wildman–Crippen LogP) is 1.63. The molecule has 0 spiro atoms. The van der Waals surface area contributed by atoms with Crippen molar-refractivity contribution in [1.29, 1.82) is 0 Å². The molecule has 7 heteroatoms. The van der Waals surface area contributed by atoms with E-state index in [0.717, 1.165) is 0 Å². The first-order chi connectivity index (χ1) is 9.90. The summed E-state index contributed by atoms with van der Waals surface area (Å²) >= 11 is 0. The zero-order chi connectivity index (χ0) is 16.0. The van der Waals surface area contributed by atoms with Crippen molar-refractivity contribution in [3.05, 3.63) is 39.4 Å². The largest absolute Gasteiger partial charge is 0.469 e. The molecule has 0 aliphatic rings. The van der Waals surface area contributed by atoms with Crippen LogP contribution >= 0.6 is 0 Å². The van der Waals surface area contributed by atoms with Gasteiger partial charge in [0.05, 0.1) is 18.1 Å². The number of nitro benzene ring substituents is 1. The van der Waals surface area contributed by atoms with Crippen molar-refractivity contribution in [1.82, 2.24) is 5.32 Å². The van der Waals surface area contributed by atoms with Gasteiger partial charge < -0.3 is 10.1 Å². The molecule has 1 aromatic carbocycles. The van der Waals surface area contributed by atoms with Gasteiger partial charge in [0.1, 0.15) is 0 Å². The van der Waals surface area contributed by atoms with E-state index in [4.69, 9.17) is 0 Å². The van der Waals surface area contributed by atoms with Crippen molar-refractivity contribution >= 4 is 17.4 Å². The monoisotopic (exact) mass is 294 g/mol. The van der Waals surface area contributed by atoms with Crippen LogP contribution in [0.3, 0.4) is 0 Å². The fourth-order valence-electron chi connectivity index (χ4n) is 1.93. The minimum absolute atomic E-state index is 0.0938. The molecule has 0 aliphatic carbocycles. The number of nitrogens with zero attached hydrogens (tertiary/aromatic N) is 1. The molecule has 0 saturated heterocycles. The van der Waals surface area contributed by atoms with Crippen LogP contribution in [-0.4, -0.2) is 36.9 Å². The number of hydrogen-bond donors (Lipinski definition) is 1. The first-order valence-corrected chi connectivity index (χ1v) is 6.44. The second-order valence-corrected chi connectivity index (χ2v) is 4.58. The van der Waals surface area contributed by atoms with E-state index in [1.807, 2.05) is 0 Å². The Balaban J connectivity index is 2.92. The lowest BCUT2D eigenvalue weighted by Gasteiger charge is -2.14. The molecule has 1 atom stereocenters. The molecule has 0 aliphatic heterocycles. The molecule has 0 radical (unpaired) electrons. The van der Waals surface area contributed by atoms with Crippen molar-refractivity contribution in [2.24, 2.45) is 0 Å². The van der Waals surface area contributed by atoms with Crippen molar-refractivity contribution < 1.29 is 19.2 Å². The molecular formula is C14H18N2O5. The molecule has 21 heavy (non-hydrogen) atoms. The summed E-state index contributed by atoms with van der Waals surface area (Å²) in [5.41, 5.74) is 0.646. The number of nitro groups is 1. The summed E-state index contributed by atoms with van der Waals surface area (Å²) in [6.45, 7) is 1.61. The molecule has 0 bridgehead atoms. The highest BCUT2D eigenvalue weighted by molar-refractivity contribution is 6.00. The maximum Gasteiger partial charge on any atom is 0.305 e. The number of benzene rings is 1. The Morgan fingerprint density at radius 3 is 2.62 bits per heavy atom. The van der Waals surface area contributed by atoms with Crippen LogP contribution in [0.5, 0.6) is 0 Å². The molecular weight excluding hydrogens is 276 g/mol. The molecule has 1 rings (SSSR count). The number of hydrogen-bond acceptors (Lipinski definition) is 6. The number of aryl methyl sites for hydroxylation is 1. The lowest BCUT2D eigenvalue weighted by molar-refractivity contribution is -0.385. The summed E-state index contributed by atoms with van der Waals surface area (Å²) in [6, 6.07) is 3.76. The Hall–Kier alpha value is -2.28. The average molecular weight is 294 g/mol. The first-order valence-electron chi connectivity index (χ1n) is 6.44. The number of methoxy groups -OCH3 is 1. The van der Waals surface area contributed by atoms with E-state index in [2.05, 4.69) is 10.1 Å². The molecule has 0 fully saturated rings. The van der Waals surface area contributed by atoms with Crippen molar-refractivity contribution in [3.63, 3.8) is 0 Å². The van der Waals surface area contributed by atoms with Gasteiger partial charge in [-0.3, -0.25) is 19.7 Å². The Morgan fingerprint density at radius 1 is 1.43 bits per heavy atom. The SMILES string of the molecule is CNC(CCC(=O)OC)C(=O)c1ccc(C)c([N+](=O)[O-])c1. The third-order valence-corrected chi connectivity index (χ3v) is 3.22. The summed E-state index contributed by atoms with van der Waals surface area (Å²) in [6.07, 6.45) is 0.366. The number of Topliss-reactive ketones (excluding diaryl/α,β-unsaturated/α-hetero) is 1. The maximum absolute atomic E-state index is 12.3. The number of ether oxygens (including phenoxy) is 1. The molecule has 7 nitrogen and oxygen atoms in total. The second kappa shape index (κ2) is 7.49. The normalized spacial score (nSPS) is 11.8. The van der Waals surface area contributed by atoms with Crippen molar-refractivity contribution in [2.45, 2.75) is 25.8 Å². The Morgan fingerprint density at radius 2 is 2.10 bits per heavy atom. The number of esters is 1. The van der Waals surface area contributed by atoms with Crippen LogP contribution in [0.25, 0.3) is 0 Å². The van der Waals surface area contributed by atoms with Gasteiger partial charge in [-0.25, -0.2) is 0 Å². The smallest absolute Gasteiger partial charge is 0.305 e. The van der Waals surface area contributed by atoms with Gasteiger partial charge in [-0.05, 0) is 20.4 Å². The van der Waals surface area contributed by atoms with E-state index in [1.165, 1.54) is 13.2 Å². The van der Waals surface area contributed by atoms with Gasteiger partial charge in [-0.15, -0.1) is 0 Å². The standard InChI is InChI=1S/C14H18N2O5/c1-9-4-5-10(8-12(9)16(19)20)14(18)11(15-2)6-7-13(17)21-3/h4-5,8,11,15H,6-7H2,1-3H3. The quantitative estimate of drug-likeness (QED) is 0.355. The van der Waals surface area contributed by atoms with Crippen LogP contribution in [0.2, 0.25) is 0 Å². The van der Waals surface area contributed by atoms with Gasteiger partial charge >= 0.3 is 5.97 Å². The second-order valence-electron chi connectivity index (χ2n) is 4.58. The summed E-state index contributed by atoms with van der Waals surface area (Å²) in [4.78, 5) is 33.8. The topological polar surface area (TPSA) is 98.5 Å². The third-order valence-electron chi connectivity index (χ3n) is 3.22. The molecule has 114 valence electrons. The van der Waals surface area contributed by atoms with Gasteiger partial charge in [-0.1, -0.05) is 12.1 Å². The van der Waals surface area contributed by atoms with Gasteiger partial charge in [-0.2, -0.15) is 0 Å². The molecule has 0 amide bonds. The summed E-state index contributed by atoms with van der Waals surface area (Å²) < 4.78 is 4.53. The van der Waals surface area contributed by atoms with E-state index in [1.54, 1.807) is 26.1 Å². The minimum atomic E-state index is -0.591. The number of nitrogens with one attached hydrogen (secondary N) is 1. The first kappa shape index (κ1) is 16.8. The number of ketones is 1. The maximum atomic E-state index is 12.3. The summed E-state index contributed by atoms with van der Waals surface area (Å²) in [7, 11) is 2.88. The van der Waals surface area contributed by atoms with Crippen LogP contribution in [0.15, 0.2) is 18.2 Å². The van der Waals surface area contributed by atoms with Gasteiger partial charge in [0.2, 0.25) is 0 Å². The highest BCUT2D eigenvalue weighted by Gasteiger charge is 2.22. The van der Waals surface area contributed by atoms with Crippen LogP contribution in [0.1, 0.15) is 28.8 Å². The molecule has 0 saturated carbocycles. The van der Waals surface area contributed by atoms with Crippen LogP contribution in [0, 0.1) is 17.0 Å². The number of carbonyl (C=O) groups is 2. The number of carbonyl (C=O) groups excluding carboxylic acids is 2. The van der Waals surface area contributed by atoms with Crippen LogP contribution in [-0.2, 0) is 9.53 Å². The summed E-state index contributed by atoms with van der Waals surface area (Å²) in [5, 5.41) is 13.7. The fraction of sp³-hybridized carbons (Fsp3) is 0.429. The average Bonchev–Trinajstić information content (AvgIpc) is 2.47. The third kappa shape index (κ3) is 4.35. The number of likely N-dealkylation sites (N-methyl/N-ethyl adjacent to an activating group) is 1. The van der Waals surface area contributed by atoms with Gasteiger partial charge in [0.15, 0.2) is 5.78 Å². The Bertz CT molecular complexity index is 556. The number of rotatable bonds is 7. The van der Waals surface area contributed by atoms with E-state index in [0.29, 0.717) is 5.56 Å². The molecule has 1 unspecified atom stereocenters. The van der Waals surface area contributed by atoms with Gasteiger partial charge in [0.25, 0.3) is 5.69 Å². The lowest BCUT2D eigenvalue weighted by atomic mass is 9.98. The molecule has 0 heterocycles. The van der Waals surface area contributed by atoms with Crippen LogP contribution in [0.4, 0.5) is 5.69 Å². The molecule has 0 aromatic heterocycles. The van der Waals surface area contributed by atoms with Crippen LogP contribution < -0.4 is 5.32 Å². The van der Waals surface area contributed by atoms with Crippen molar-refractivity contribution in [2.75, 3.05) is 14.2 Å². The van der Waals surface area contributed by atoms with E-state index >= 15 is 0 Å². The highest BCUT2D eigenvalue weighted by Crippen LogP contribution is 2.20. The zero-order valence-electron chi connectivity index (χ0n) is 12.2. The van der Waals surface area contributed by atoms with E-state index < -0.39 is 16.9 Å². The molecule has 1 N–H and O–H groups in total.